The molecule has 0 bridgehead atoms. The van der Waals surface area contributed by atoms with Gasteiger partial charge in [0.15, 0.2) is 0 Å². The highest BCUT2D eigenvalue weighted by molar-refractivity contribution is 9.10. The van der Waals surface area contributed by atoms with Gasteiger partial charge in [-0.15, -0.1) is 0 Å². The van der Waals surface area contributed by atoms with Crippen LogP contribution >= 0.6 is 27.5 Å². The van der Waals surface area contributed by atoms with E-state index in [0.29, 0.717) is 29.6 Å². The van der Waals surface area contributed by atoms with Gasteiger partial charge in [0.2, 0.25) is 0 Å². The third-order valence-electron chi connectivity index (χ3n) is 2.85. The SMILES string of the molecule is Cc1ccc(Cl)c(OCCNC(=O)Nc2ccccc2Br)c1. The zero-order valence-corrected chi connectivity index (χ0v) is 14.4. The minimum atomic E-state index is -0.286. The van der Waals surface area contributed by atoms with E-state index in [1.54, 1.807) is 6.07 Å². The van der Waals surface area contributed by atoms with Crippen molar-refractivity contribution in [2.45, 2.75) is 6.92 Å². The quantitative estimate of drug-likeness (QED) is 0.741. The summed E-state index contributed by atoms with van der Waals surface area (Å²) in [6, 6.07) is 12.7. The minimum absolute atomic E-state index is 0.286. The van der Waals surface area contributed by atoms with Gasteiger partial charge in [-0.1, -0.05) is 29.8 Å². The fourth-order valence-electron chi connectivity index (χ4n) is 1.78. The molecular formula is C16H16BrClN2O2. The number of nitrogens with one attached hydrogen (secondary N) is 2. The van der Waals surface area contributed by atoms with Crippen molar-refractivity contribution in [2.75, 3.05) is 18.5 Å². The highest BCUT2D eigenvalue weighted by Gasteiger charge is 2.05. The lowest BCUT2D eigenvalue weighted by Gasteiger charge is -2.11. The van der Waals surface area contributed by atoms with Gasteiger partial charge in [0.25, 0.3) is 0 Å². The van der Waals surface area contributed by atoms with Gasteiger partial charge in [-0.2, -0.15) is 0 Å². The Balaban J connectivity index is 1.76. The van der Waals surface area contributed by atoms with E-state index in [0.717, 1.165) is 10.0 Å². The van der Waals surface area contributed by atoms with Crippen LogP contribution in [0.25, 0.3) is 0 Å². The monoisotopic (exact) mass is 382 g/mol. The summed E-state index contributed by atoms with van der Waals surface area (Å²) in [4.78, 5) is 11.8. The maximum absolute atomic E-state index is 11.8. The number of carbonyl (C=O) groups is 1. The predicted molar refractivity (Wildman–Crippen MR) is 92.8 cm³/mol. The highest BCUT2D eigenvalue weighted by Crippen LogP contribution is 2.25. The van der Waals surface area contributed by atoms with Crippen LogP contribution in [0, 0.1) is 6.92 Å². The van der Waals surface area contributed by atoms with Crippen molar-refractivity contribution in [3.05, 3.63) is 57.5 Å². The summed E-state index contributed by atoms with van der Waals surface area (Å²) in [6.07, 6.45) is 0. The van der Waals surface area contributed by atoms with Gasteiger partial charge < -0.3 is 15.4 Å². The van der Waals surface area contributed by atoms with Crippen molar-refractivity contribution in [1.29, 1.82) is 0 Å². The Morgan fingerprint density at radius 2 is 2.05 bits per heavy atom. The number of hydrogen-bond donors (Lipinski definition) is 2. The summed E-state index contributed by atoms with van der Waals surface area (Å²) < 4.78 is 6.39. The molecule has 2 aromatic rings. The minimum Gasteiger partial charge on any atom is -0.490 e. The highest BCUT2D eigenvalue weighted by atomic mass is 79.9. The fraction of sp³-hybridized carbons (Fsp3) is 0.188. The first kappa shape index (κ1) is 16.6. The third-order valence-corrected chi connectivity index (χ3v) is 3.86. The molecular weight excluding hydrogens is 368 g/mol. The van der Waals surface area contributed by atoms with E-state index in [9.17, 15) is 4.79 Å². The van der Waals surface area contributed by atoms with Gasteiger partial charge in [-0.05, 0) is 52.7 Å². The smallest absolute Gasteiger partial charge is 0.319 e. The molecule has 0 heterocycles. The zero-order valence-electron chi connectivity index (χ0n) is 12.0. The number of rotatable bonds is 5. The van der Waals surface area contributed by atoms with Crippen molar-refractivity contribution in [3.8, 4) is 5.75 Å². The maximum atomic E-state index is 11.8. The third kappa shape index (κ3) is 4.93. The average molecular weight is 384 g/mol. The number of urea groups is 1. The predicted octanol–water partition coefficient (Wildman–Crippen LogP) is 4.61. The van der Waals surface area contributed by atoms with E-state index in [4.69, 9.17) is 16.3 Å². The summed E-state index contributed by atoms with van der Waals surface area (Å²) in [6.45, 7) is 2.68. The lowest BCUT2D eigenvalue weighted by Crippen LogP contribution is -2.32. The van der Waals surface area contributed by atoms with Gasteiger partial charge in [0.05, 0.1) is 17.3 Å². The largest absolute Gasteiger partial charge is 0.490 e. The van der Waals surface area contributed by atoms with Crippen LogP contribution in [0.3, 0.4) is 0 Å². The maximum Gasteiger partial charge on any atom is 0.319 e. The van der Waals surface area contributed by atoms with E-state index in [1.807, 2.05) is 43.3 Å². The molecule has 0 fully saturated rings. The summed E-state index contributed by atoms with van der Waals surface area (Å²) >= 11 is 9.40. The van der Waals surface area contributed by atoms with Crippen LogP contribution in [-0.4, -0.2) is 19.2 Å². The van der Waals surface area contributed by atoms with E-state index in [2.05, 4.69) is 26.6 Å². The Bertz CT molecular complexity index is 664. The van der Waals surface area contributed by atoms with Gasteiger partial charge in [-0.25, -0.2) is 4.79 Å². The molecule has 4 nitrogen and oxygen atoms in total. The number of hydrogen-bond acceptors (Lipinski definition) is 2. The van der Waals surface area contributed by atoms with Crippen molar-refractivity contribution in [1.82, 2.24) is 5.32 Å². The second-order valence-electron chi connectivity index (χ2n) is 4.64. The summed E-state index contributed by atoms with van der Waals surface area (Å²) in [5.41, 5.74) is 1.78. The van der Waals surface area contributed by atoms with Crippen molar-refractivity contribution in [3.63, 3.8) is 0 Å². The first-order valence-corrected chi connectivity index (χ1v) is 7.91. The first-order valence-electron chi connectivity index (χ1n) is 6.74. The Hall–Kier alpha value is -1.72. The Kier molecular flexibility index (Phi) is 6.10. The number of ether oxygens (including phenoxy) is 1. The molecule has 2 N–H and O–H groups in total. The second kappa shape index (κ2) is 8.06. The van der Waals surface area contributed by atoms with Crippen LogP contribution in [0.2, 0.25) is 5.02 Å². The lowest BCUT2D eigenvalue weighted by molar-refractivity contribution is 0.247. The number of para-hydroxylation sites is 1. The van der Waals surface area contributed by atoms with Gasteiger partial charge in [-0.3, -0.25) is 0 Å². The molecule has 0 radical (unpaired) electrons. The molecule has 0 aromatic heterocycles. The van der Waals surface area contributed by atoms with Gasteiger partial charge >= 0.3 is 6.03 Å². The van der Waals surface area contributed by atoms with Crippen LogP contribution < -0.4 is 15.4 Å². The summed E-state index contributed by atoms with van der Waals surface area (Å²) in [5, 5.41) is 6.03. The number of carbonyl (C=O) groups excluding carboxylic acids is 1. The molecule has 6 heteroatoms. The van der Waals surface area contributed by atoms with Crippen LogP contribution in [0.4, 0.5) is 10.5 Å². The van der Waals surface area contributed by atoms with E-state index >= 15 is 0 Å². The second-order valence-corrected chi connectivity index (χ2v) is 5.90. The van der Waals surface area contributed by atoms with Crippen LogP contribution in [0.5, 0.6) is 5.75 Å². The molecule has 0 unspecified atom stereocenters. The molecule has 0 saturated heterocycles. The normalized spacial score (nSPS) is 10.1. The van der Waals surface area contributed by atoms with Gasteiger partial charge in [0, 0.05) is 4.47 Å². The average Bonchev–Trinajstić information content (AvgIpc) is 2.49. The number of halogens is 2. The van der Waals surface area contributed by atoms with E-state index in [-0.39, 0.29) is 6.03 Å². The van der Waals surface area contributed by atoms with Crippen molar-refractivity contribution < 1.29 is 9.53 Å². The molecule has 116 valence electrons. The molecule has 0 aliphatic carbocycles. The molecule has 22 heavy (non-hydrogen) atoms. The lowest BCUT2D eigenvalue weighted by atomic mass is 10.2. The topological polar surface area (TPSA) is 50.4 Å². The summed E-state index contributed by atoms with van der Waals surface area (Å²) in [7, 11) is 0. The van der Waals surface area contributed by atoms with E-state index in [1.165, 1.54) is 0 Å². The Labute approximate surface area is 142 Å². The molecule has 2 rings (SSSR count). The summed E-state index contributed by atoms with van der Waals surface area (Å²) in [5.74, 6) is 0.620. The Morgan fingerprint density at radius 3 is 2.82 bits per heavy atom. The van der Waals surface area contributed by atoms with Gasteiger partial charge in [0.1, 0.15) is 12.4 Å². The molecule has 0 aliphatic rings. The zero-order chi connectivity index (χ0) is 15.9. The number of amides is 2. The molecule has 2 amide bonds. The van der Waals surface area contributed by atoms with Crippen molar-refractivity contribution >= 4 is 39.2 Å². The van der Waals surface area contributed by atoms with E-state index < -0.39 is 0 Å². The van der Waals surface area contributed by atoms with Crippen LogP contribution in [0.1, 0.15) is 5.56 Å². The molecule has 0 saturated carbocycles. The number of anilines is 1. The Morgan fingerprint density at radius 1 is 1.27 bits per heavy atom. The number of benzene rings is 2. The molecule has 0 atom stereocenters. The molecule has 2 aromatic carbocycles. The standard InChI is InChI=1S/C16H16BrClN2O2/c1-11-6-7-13(18)15(10-11)22-9-8-19-16(21)20-14-5-3-2-4-12(14)17/h2-7,10H,8-9H2,1H3,(H2,19,20,21). The van der Waals surface area contributed by atoms with Crippen LogP contribution in [-0.2, 0) is 0 Å². The van der Waals surface area contributed by atoms with Crippen LogP contribution in [0.15, 0.2) is 46.9 Å². The molecule has 0 aliphatic heterocycles. The fourth-order valence-corrected chi connectivity index (χ4v) is 2.33. The first-order chi connectivity index (χ1) is 10.6. The molecule has 0 spiro atoms. The number of aryl methyl sites for hydroxylation is 1. The van der Waals surface area contributed by atoms with Crippen molar-refractivity contribution in [2.24, 2.45) is 0 Å².